The number of methoxy groups -OCH3 is 1. The van der Waals surface area contributed by atoms with E-state index in [0.717, 1.165) is 28.6 Å². The number of hydrogen-bond donors (Lipinski definition) is 1. The lowest BCUT2D eigenvalue weighted by atomic mass is 10.0. The summed E-state index contributed by atoms with van der Waals surface area (Å²) in [5, 5.41) is 0.808. The van der Waals surface area contributed by atoms with Crippen molar-refractivity contribution in [2.45, 2.75) is 36.7 Å². The van der Waals surface area contributed by atoms with Gasteiger partial charge in [0.25, 0.3) is 0 Å². The van der Waals surface area contributed by atoms with E-state index < -0.39 is 0 Å². The van der Waals surface area contributed by atoms with Crippen LogP contribution in [0.2, 0.25) is 0 Å². The molecule has 1 aromatic heterocycles. The molecule has 0 radical (unpaired) electrons. The highest BCUT2D eigenvalue weighted by atomic mass is 32.2. The molecule has 1 aromatic carbocycles. The summed E-state index contributed by atoms with van der Waals surface area (Å²) in [6.45, 7) is 4.05. The van der Waals surface area contributed by atoms with Crippen LogP contribution in [-0.2, 0) is 0 Å². The van der Waals surface area contributed by atoms with Crippen LogP contribution in [-0.4, -0.2) is 23.1 Å². The minimum atomic E-state index is 0.00964. The van der Waals surface area contributed by atoms with E-state index in [1.165, 1.54) is 0 Å². The van der Waals surface area contributed by atoms with Crippen LogP contribution in [0.25, 0.3) is 0 Å². The van der Waals surface area contributed by atoms with Crippen molar-refractivity contribution >= 4 is 11.8 Å². The van der Waals surface area contributed by atoms with Crippen molar-refractivity contribution < 1.29 is 4.74 Å². The van der Waals surface area contributed by atoms with Gasteiger partial charge in [0.05, 0.1) is 12.4 Å². The van der Waals surface area contributed by atoms with Crippen molar-refractivity contribution in [1.29, 1.82) is 0 Å². The van der Waals surface area contributed by atoms with Crippen molar-refractivity contribution in [2.24, 2.45) is 5.73 Å². The Kier molecular flexibility index (Phi) is 5.59. The SMILES string of the molecule is CCC(N)C(Sc1nccc(C)n1)c1ccccc1OC. The molecular weight excluding hydrogens is 282 g/mol. The van der Waals surface area contributed by atoms with E-state index in [0.29, 0.717) is 0 Å². The number of thioether (sulfide) groups is 1. The molecule has 0 bridgehead atoms. The minimum Gasteiger partial charge on any atom is -0.496 e. The highest BCUT2D eigenvalue weighted by molar-refractivity contribution is 7.99. The molecule has 0 fully saturated rings. The summed E-state index contributed by atoms with van der Waals surface area (Å²) >= 11 is 1.59. The molecule has 5 heteroatoms. The maximum Gasteiger partial charge on any atom is 0.188 e. The fraction of sp³-hybridized carbons (Fsp3) is 0.375. The first-order valence-electron chi connectivity index (χ1n) is 7.00. The number of nitrogens with two attached hydrogens (primary N) is 1. The number of nitrogens with zero attached hydrogens (tertiary/aromatic N) is 2. The summed E-state index contributed by atoms with van der Waals surface area (Å²) in [6, 6.07) is 9.89. The van der Waals surface area contributed by atoms with E-state index in [4.69, 9.17) is 10.5 Å². The average molecular weight is 303 g/mol. The van der Waals surface area contributed by atoms with E-state index in [1.54, 1.807) is 25.1 Å². The van der Waals surface area contributed by atoms with Crippen LogP contribution in [0.15, 0.2) is 41.7 Å². The third kappa shape index (κ3) is 3.95. The lowest BCUT2D eigenvalue weighted by Crippen LogP contribution is -2.26. The summed E-state index contributed by atoms with van der Waals surface area (Å²) in [7, 11) is 1.68. The highest BCUT2D eigenvalue weighted by Gasteiger charge is 2.24. The van der Waals surface area contributed by atoms with Gasteiger partial charge in [-0.2, -0.15) is 0 Å². The Morgan fingerprint density at radius 2 is 2.05 bits per heavy atom. The van der Waals surface area contributed by atoms with Gasteiger partial charge >= 0.3 is 0 Å². The number of para-hydroxylation sites is 1. The highest BCUT2D eigenvalue weighted by Crippen LogP contribution is 2.40. The fourth-order valence-corrected chi connectivity index (χ4v) is 3.33. The molecule has 0 saturated carbocycles. The predicted octanol–water partition coefficient (Wildman–Crippen LogP) is 3.36. The first-order valence-corrected chi connectivity index (χ1v) is 7.88. The molecule has 4 nitrogen and oxygen atoms in total. The number of hydrogen-bond acceptors (Lipinski definition) is 5. The quantitative estimate of drug-likeness (QED) is 0.655. The van der Waals surface area contributed by atoms with Gasteiger partial charge in [-0.15, -0.1) is 0 Å². The fourth-order valence-electron chi connectivity index (χ4n) is 2.09. The first kappa shape index (κ1) is 15.8. The summed E-state index contributed by atoms with van der Waals surface area (Å²) in [5.74, 6) is 0.853. The largest absolute Gasteiger partial charge is 0.496 e. The van der Waals surface area contributed by atoms with Gasteiger partial charge in [-0.05, 0) is 25.5 Å². The molecule has 2 unspecified atom stereocenters. The van der Waals surface area contributed by atoms with Gasteiger partial charge < -0.3 is 10.5 Å². The molecule has 0 amide bonds. The van der Waals surface area contributed by atoms with E-state index in [2.05, 4.69) is 23.0 Å². The Hall–Kier alpha value is -1.59. The van der Waals surface area contributed by atoms with Crippen molar-refractivity contribution in [1.82, 2.24) is 9.97 Å². The Morgan fingerprint density at radius 1 is 1.29 bits per heavy atom. The molecule has 0 aliphatic carbocycles. The van der Waals surface area contributed by atoms with Crippen LogP contribution in [0.4, 0.5) is 0 Å². The predicted molar refractivity (Wildman–Crippen MR) is 86.6 cm³/mol. The van der Waals surface area contributed by atoms with E-state index in [-0.39, 0.29) is 11.3 Å². The number of aromatic nitrogens is 2. The van der Waals surface area contributed by atoms with E-state index >= 15 is 0 Å². The molecule has 2 aromatic rings. The maximum absolute atomic E-state index is 6.33. The lowest BCUT2D eigenvalue weighted by molar-refractivity contribution is 0.407. The molecule has 1 heterocycles. The molecule has 0 spiro atoms. The van der Waals surface area contributed by atoms with Crippen LogP contribution >= 0.6 is 11.8 Å². The second-order valence-corrected chi connectivity index (χ2v) is 5.94. The molecule has 2 N–H and O–H groups in total. The standard InChI is InChI=1S/C16H21N3OS/c1-4-13(17)15(12-7-5-6-8-14(12)20-3)21-16-18-10-9-11(2)19-16/h5-10,13,15H,4,17H2,1-3H3. The van der Waals surface area contributed by atoms with Crippen LogP contribution in [0.1, 0.15) is 29.9 Å². The van der Waals surface area contributed by atoms with Crippen molar-refractivity contribution in [3.05, 3.63) is 47.8 Å². The third-order valence-electron chi connectivity index (χ3n) is 3.31. The second-order valence-electron chi connectivity index (χ2n) is 4.83. The van der Waals surface area contributed by atoms with Gasteiger partial charge in [-0.3, -0.25) is 0 Å². The van der Waals surface area contributed by atoms with E-state index in [9.17, 15) is 0 Å². The van der Waals surface area contributed by atoms with Gasteiger partial charge in [-0.1, -0.05) is 36.9 Å². The van der Waals surface area contributed by atoms with Crippen LogP contribution in [0, 0.1) is 6.92 Å². The molecule has 0 saturated heterocycles. The molecular formula is C16H21N3OS. The molecule has 112 valence electrons. The number of benzene rings is 1. The summed E-state index contributed by atoms with van der Waals surface area (Å²) < 4.78 is 5.47. The van der Waals surface area contributed by atoms with Gasteiger partial charge in [0.15, 0.2) is 5.16 Å². The van der Waals surface area contributed by atoms with Gasteiger partial charge in [-0.25, -0.2) is 9.97 Å². The Morgan fingerprint density at radius 3 is 2.71 bits per heavy atom. The molecule has 21 heavy (non-hydrogen) atoms. The number of ether oxygens (including phenoxy) is 1. The molecule has 2 atom stereocenters. The van der Waals surface area contributed by atoms with Gasteiger partial charge in [0.1, 0.15) is 5.75 Å². The smallest absolute Gasteiger partial charge is 0.188 e. The number of aryl methyl sites for hydroxylation is 1. The number of rotatable bonds is 6. The lowest BCUT2D eigenvalue weighted by Gasteiger charge is -2.23. The normalized spacial score (nSPS) is 13.7. The van der Waals surface area contributed by atoms with Crippen molar-refractivity contribution in [3.8, 4) is 5.75 Å². The third-order valence-corrected chi connectivity index (χ3v) is 4.58. The minimum absolute atomic E-state index is 0.00964. The van der Waals surface area contributed by atoms with Crippen molar-refractivity contribution in [3.63, 3.8) is 0 Å². The van der Waals surface area contributed by atoms with Crippen LogP contribution in [0.5, 0.6) is 5.75 Å². The van der Waals surface area contributed by atoms with Crippen LogP contribution in [0.3, 0.4) is 0 Å². The topological polar surface area (TPSA) is 61.0 Å². The second kappa shape index (κ2) is 7.43. The van der Waals surface area contributed by atoms with Gasteiger partial charge in [0, 0.05) is 23.5 Å². The van der Waals surface area contributed by atoms with Crippen LogP contribution < -0.4 is 10.5 Å². The molecule has 0 aliphatic heterocycles. The average Bonchev–Trinajstić information content (AvgIpc) is 2.52. The maximum atomic E-state index is 6.33. The Bertz CT molecular complexity index is 591. The summed E-state index contributed by atoms with van der Waals surface area (Å²) in [4.78, 5) is 8.80. The summed E-state index contributed by atoms with van der Waals surface area (Å²) in [6.07, 6.45) is 2.66. The van der Waals surface area contributed by atoms with Crippen molar-refractivity contribution in [2.75, 3.05) is 7.11 Å². The first-order chi connectivity index (χ1) is 10.2. The molecule has 2 rings (SSSR count). The van der Waals surface area contributed by atoms with Gasteiger partial charge in [0.2, 0.25) is 0 Å². The monoisotopic (exact) mass is 303 g/mol. The summed E-state index contributed by atoms with van der Waals surface area (Å²) in [5.41, 5.74) is 8.37. The Labute approximate surface area is 130 Å². The Balaban J connectivity index is 2.34. The zero-order chi connectivity index (χ0) is 15.2. The zero-order valence-corrected chi connectivity index (χ0v) is 13.4. The van der Waals surface area contributed by atoms with E-state index in [1.807, 2.05) is 31.2 Å². The molecule has 0 aliphatic rings. The zero-order valence-electron chi connectivity index (χ0n) is 12.6.